The quantitative estimate of drug-likeness (QED) is 0.679. The molecule has 76 valence electrons. The predicted octanol–water partition coefficient (Wildman–Crippen LogP) is 1.55. The predicted molar refractivity (Wildman–Crippen MR) is 54.2 cm³/mol. The summed E-state index contributed by atoms with van der Waals surface area (Å²) in [7, 11) is 1.55. The van der Waals surface area contributed by atoms with Crippen LogP contribution in [0.15, 0.2) is 11.5 Å². The van der Waals surface area contributed by atoms with Gasteiger partial charge in [0.2, 0.25) is 0 Å². The van der Waals surface area contributed by atoms with Crippen LogP contribution >= 0.6 is 10.7 Å². The van der Waals surface area contributed by atoms with Gasteiger partial charge in [-0.3, -0.25) is 0 Å². The Morgan fingerprint density at radius 3 is 2.46 bits per heavy atom. The highest BCUT2D eigenvalue weighted by atomic mass is 35.7. The van der Waals surface area contributed by atoms with E-state index in [9.17, 15) is 8.42 Å². The van der Waals surface area contributed by atoms with Gasteiger partial charge in [-0.25, -0.2) is 8.42 Å². The normalized spacial score (nSPS) is 20.1. The van der Waals surface area contributed by atoms with Crippen molar-refractivity contribution in [3.8, 4) is 0 Å². The lowest BCUT2D eigenvalue weighted by molar-refractivity contribution is 0.346. The molecule has 0 radical (unpaired) electrons. The maximum Gasteiger partial charge on any atom is 0.254 e. The van der Waals surface area contributed by atoms with Gasteiger partial charge >= 0.3 is 0 Å². The van der Waals surface area contributed by atoms with E-state index in [0.29, 0.717) is 0 Å². The number of hydrogen-bond donors (Lipinski definition) is 0. The first-order valence-corrected chi connectivity index (χ1v) is 6.79. The van der Waals surface area contributed by atoms with Crippen molar-refractivity contribution in [3.05, 3.63) is 11.5 Å². The van der Waals surface area contributed by atoms with Crippen LogP contribution in [0, 0.1) is 0 Å². The Bertz CT molecular complexity index is 268. The van der Waals surface area contributed by atoms with Crippen LogP contribution in [0.25, 0.3) is 0 Å². The third-order valence-corrected chi connectivity index (χ3v) is 2.90. The molecule has 13 heavy (non-hydrogen) atoms. The van der Waals surface area contributed by atoms with Gasteiger partial charge in [-0.1, -0.05) is 6.08 Å². The SMILES string of the molecule is O=S(=O)(Cl)/C=C\CCN1CCCC1. The molecule has 0 atom stereocenters. The molecule has 1 rings (SSSR count). The van der Waals surface area contributed by atoms with Crippen LogP contribution in [0.1, 0.15) is 19.3 Å². The van der Waals surface area contributed by atoms with Crippen LogP contribution in [-0.4, -0.2) is 33.0 Å². The van der Waals surface area contributed by atoms with Crippen LogP contribution in [-0.2, 0) is 9.05 Å². The van der Waals surface area contributed by atoms with Gasteiger partial charge in [0.05, 0.1) is 0 Å². The average molecular weight is 224 g/mol. The van der Waals surface area contributed by atoms with E-state index in [1.54, 1.807) is 6.08 Å². The van der Waals surface area contributed by atoms with E-state index < -0.39 is 9.05 Å². The average Bonchev–Trinajstić information content (AvgIpc) is 2.48. The number of nitrogens with zero attached hydrogens (tertiary/aromatic N) is 1. The molecule has 0 saturated carbocycles. The van der Waals surface area contributed by atoms with E-state index in [0.717, 1.165) is 31.5 Å². The van der Waals surface area contributed by atoms with Gasteiger partial charge in [0.15, 0.2) is 0 Å². The number of rotatable bonds is 4. The van der Waals surface area contributed by atoms with Crippen molar-refractivity contribution in [1.29, 1.82) is 0 Å². The zero-order valence-electron chi connectivity index (χ0n) is 7.45. The monoisotopic (exact) mass is 223 g/mol. The number of halogens is 1. The molecule has 1 fully saturated rings. The maximum atomic E-state index is 10.5. The molecule has 0 unspecified atom stereocenters. The van der Waals surface area contributed by atoms with Crippen molar-refractivity contribution in [3.63, 3.8) is 0 Å². The molecule has 0 N–H and O–H groups in total. The Balaban J connectivity index is 2.16. The van der Waals surface area contributed by atoms with Gasteiger partial charge in [0.1, 0.15) is 0 Å². The van der Waals surface area contributed by atoms with Crippen LogP contribution in [0.5, 0.6) is 0 Å². The second-order valence-corrected chi connectivity index (χ2v) is 5.70. The Hall–Kier alpha value is -0.0600. The molecule has 0 amide bonds. The minimum absolute atomic E-state index is 0.756. The lowest BCUT2D eigenvalue weighted by Crippen LogP contribution is -2.19. The Kier molecular flexibility index (Phi) is 4.22. The molecule has 0 spiro atoms. The van der Waals surface area contributed by atoms with Crippen molar-refractivity contribution in [1.82, 2.24) is 4.90 Å². The van der Waals surface area contributed by atoms with E-state index in [2.05, 4.69) is 4.90 Å². The molecule has 1 aliphatic rings. The third kappa shape index (κ3) is 5.29. The molecule has 1 heterocycles. The van der Waals surface area contributed by atoms with E-state index in [4.69, 9.17) is 10.7 Å². The first-order chi connectivity index (χ1) is 6.08. The largest absolute Gasteiger partial charge is 0.303 e. The zero-order valence-corrected chi connectivity index (χ0v) is 9.02. The summed E-state index contributed by atoms with van der Waals surface area (Å²) in [4.78, 5) is 2.32. The molecule has 0 aromatic heterocycles. The van der Waals surface area contributed by atoms with Gasteiger partial charge in [0, 0.05) is 22.6 Å². The summed E-state index contributed by atoms with van der Waals surface area (Å²) in [6, 6.07) is 0. The molecule has 3 nitrogen and oxygen atoms in total. The summed E-state index contributed by atoms with van der Waals surface area (Å²) >= 11 is 0. The van der Waals surface area contributed by atoms with Gasteiger partial charge in [0.25, 0.3) is 9.05 Å². The summed E-state index contributed by atoms with van der Waals surface area (Å²) in [6.45, 7) is 3.21. The summed E-state index contributed by atoms with van der Waals surface area (Å²) < 4.78 is 21.0. The van der Waals surface area contributed by atoms with E-state index in [-0.39, 0.29) is 0 Å². The fourth-order valence-electron chi connectivity index (χ4n) is 1.45. The van der Waals surface area contributed by atoms with E-state index >= 15 is 0 Å². The molecular weight excluding hydrogens is 210 g/mol. The highest BCUT2D eigenvalue weighted by Crippen LogP contribution is 2.08. The summed E-state index contributed by atoms with van der Waals surface area (Å²) in [5, 5.41) is 1.06. The molecule has 0 bridgehead atoms. The van der Waals surface area contributed by atoms with Crippen molar-refractivity contribution in [2.75, 3.05) is 19.6 Å². The number of hydrogen-bond acceptors (Lipinski definition) is 3. The first kappa shape index (κ1) is 11.0. The molecule has 0 aromatic rings. The topological polar surface area (TPSA) is 37.4 Å². The van der Waals surface area contributed by atoms with Crippen molar-refractivity contribution < 1.29 is 8.42 Å². The smallest absolute Gasteiger partial charge is 0.254 e. The standard InChI is InChI=1S/C8H14ClNO2S/c9-13(11,12)8-4-3-7-10-5-1-2-6-10/h4,8H,1-3,5-7H2/b8-4-. The van der Waals surface area contributed by atoms with Crippen molar-refractivity contribution >= 4 is 19.7 Å². The van der Waals surface area contributed by atoms with Gasteiger partial charge in [-0.15, -0.1) is 0 Å². The van der Waals surface area contributed by atoms with Crippen molar-refractivity contribution in [2.45, 2.75) is 19.3 Å². The molecule has 1 saturated heterocycles. The third-order valence-electron chi connectivity index (χ3n) is 2.07. The fraction of sp³-hybridized carbons (Fsp3) is 0.750. The van der Waals surface area contributed by atoms with Gasteiger partial charge in [-0.2, -0.15) is 0 Å². The number of likely N-dealkylation sites (tertiary alicyclic amines) is 1. The summed E-state index contributed by atoms with van der Waals surface area (Å²) in [6.07, 6.45) is 4.89. The molecule has 0 aromatic carbocycles. The maximum absolute atomic E-state index is 10.5. The Morgan fingerprint density at radius 2 is 1.92 bits per heavy atom. The first-order valence-electron chi connectivity index (χ1n) is 4.41. The summed E-state index contributed by atoms with van der Waals surface area (Å²) in [5.74, 6) is 0. The van der Waals surface area contributed by atoms with Crippen LogP contribution in [0.4, 0.5) is 0 Å². The van der Waals surface area contributed by atoms with Crippen LogP contribution in [0.3, 0.4) is 0 Å². The molecule has 0 aliphatic carbocycles. The lowest BCUT2D eigenvalue weighted by Gasteiger charge is -2.11. The fourth-order valence-corrected chi connectivity index (χ4v) is 2.03. The summed E-state index contributed by atoms with van der Waals surface area (Å²) in [5.41, 5.74) is 0. The Labute approximate surface area is 83.8 Å². The minimum Gasteiger partial charge on any atom is -0.303 e. The minimum atomic E-state index is -3.45. The lowest BCUT2D eigenvalue weighted by atomic mass is 10.4. The Morgan fingerprint density at radius 1 is 1.31 bits per heavy atom. The van der Waals surface area contributed by atoms with Crippen molar-refractivity contribution in [2.24, 2.45) is 0 Å². The van der Waals surface area contributed by atoms with Crippen LogP contribution < -0.4 is 0 Å². The second-order valence-electron chi connectivity index (χ2n) is 3.18. The zero-order chi connectivity index (χ0) is 9.73. The molecule has 1 aliphatic heterocycles. The molecular formula is C8H14ClNO2S. The van der Waals surface area contributed by atoms with Gasteiger partial charge in [-0.05, 0) is 32.4 Å². The highest BCUT2D eigenvalue weighted by molar-refractivity contribution is 8.16. The van der Waals surface area contributed by atoms with E-state index in [1.165, 1.54) is 12.8 Å². The van der Waals surface area contributed by atoms with Crippen LogP contribution in [0.2, 0.25) is 0 Å². The highest BCUT2D eigenvalue weighted by Gasteiger charge is 2.09. The van der Waals surface area contributed by atoms with E-state index in [1.807, 2.05) is 0 Å². The van der Waals surface area contributed by atoms with Gasteiger partial charge < -0.3 is 4.90 Å². The molecule has 5 heteroatoms. The second kappa shape index (κ2) is 4.98.